The molecule has 0 aliphatic rings. The molecule has 5 heteroatoms. The number of hydrogen-bond acceptors (Lipinski definition) is 2. The summed E-state index contributed by atoms with van der Waals surface area (Å²) in [5, 5.41) is 10.3. The molecule has 1 atom stereocenters. The molecule has 0 fully saturated rings. The lowest BCUT2D eigenvalue weighted by Gasteiger charge is -2.19. The van der Waals surface area contributed by atoms with Crippen molar-refractivity contribution < 1.29 is 23.0 Å². The van der Waals surface area contributed by atoms with Gasteiger partial charge in [0.25, 0.3) is 0 Å². The van der Waals surface area contributed by atoms with E-state index in [0.29, 0.717) is 11.3 Å². The van der Waals surface area contributed by atoms with Gasteiger partial charge in [-0.1, -0.05) is 18.2 Å². The molecule has 2 aromatic carbocycles. The van der Waals surface area contributed by atoms with Crippen molar-refractivity contribution in [3.05, 3.63) is 64.0 Å². The van der Waals surface area contributed by atoms with Crippen LogP contribution in [-0.2, 0) is 0 Å². The number of halogens is 3. The van der Waals surface area contributed by atoms with E-state index in [4.69, 9.17) is 4.74 Å². The average molecular weight is 296 g/mol. The van der Waals surface area contributed by atoms with Crippen molar-refractivity contribution in [2.75, 3.05) is 7.11 Å². The number of aliphatic hydroxyl groups is 1. The van der Waals surface area contributed by atoms with E-state index < -0.39 is 23.6 Å². The van der Waals surface area contributed by atoms with Crippen molar-refractivity contribution in [2.45, 2.75) is 20.0 Å². The fourth-order valence-electron chi connectivity index (χ4n) is 2.22. The SMILES string of the molecule is COc1c(C(O)c2ccc(F)c(F)c2F)ccc(C)c1C. The minimum atomic E-state index is -1.60. The summed E-state index contributed by atoms with van der Waals surface area (Å²) in [6, 6.07) is 5.12. The van der Waals surface area contributed by atoms with E-state index in [9.17, 15) is 18.3 Å². The van der Waals surface area contributed by atoms with Crippen molar-refractivity contribution in [3.63, 3.8) is 0 Å². The molecular formula is C16H15F3O2. The molecule has 1 unspecified atom stereocenters. The highest BCUT2D eigenvalue weighted by molar-refractivity contribution is 5.49. The number of ether oxygens (including phenoxy) is 1. The van der Waals surface area contributed by atoms with Gasteiger partial charge < -0.3 is 9.84 Å². The Bertz CT molecular complexity index is 684. The maximum Gasteiger partial charge on any atom is 0.194 e. The van der Waals surface area contributed by atoms with E-state index in [1.54, 1.807) is 19.1 Å². The van der Waals surface area contributed by atoms with Crippen molar-refractivity contribution in [1.82, 2.24) is 0 Å². The summed E-state index contributed by atoms with van der Waals surface area (Å²) >= 11 is 0. The van der Waals surface area contributed by atoms with Gasteiger partial charge in [-0.25, -0.2) is 13.2 Å². The first kappa shape index (κ1) is 15.4. The maximum atomic E-state index is 13.8. The van der Waals surface area contributed by atoms with Gasteiger partial charge in [-0.3, -0.25) is 0 Å². The summed E-state index contributed by atoms with van der Waals surface area (Å²) in [6.45, 7) is 3.66. The van der Waals surface area contributed by atoms with Crippen LogP contribution in [0.3, 0.4) is 0 Å². The smallest absolute Gasteiger partial charge is 0.194 e. The first-order chi connectivity index (χ1) is 9.88. The summed E-state index contributed by atoms with van der Waals surface area (Å²) in [6.07, 6.45) is -1.45. The van der Waals surface area contributed by atoms with Crippen molar-refractivity contribution in [1.29, 1.82) is 0 Å². The molecule has 0 aliphatic heterocycles. The van der Waals surface area contributed by atoms with Gasteiger partial charge in [0.1, 0.15) is 11.9 Å². The van der Waals surface area contributed by atoms with Crippen LogP contribution in [0.2, 0.25) is 0 Å². The van der Waals surface area contributed by atoms with Crippen molar-refractivity contribution >= 4 is 0 Å². The Morgan fingerprint density at radius 1 is 0.952 bits per heavy atom. The maximum absolute atomic E-state index is 13.8. The summed E-state index contributed by atoms with van der Waals surface area (Å²) in [4.78, 5) is 0. The molecule has 0 amide bonds. The molecule has 0 aromatic heterocycles. The van der Waals surface area contributed by atoms with Gasteiger partial charge in [-0.2, -0.15) is 0 Å². The Kier molecular flexibility index (Phi) is 4.23. The minimum absolute atomic E-state index is 0.297. The third-order valence-corrected chi connectivity index (χ3v) is 3.57. The van der Waals surface area contributed by atoms with Gasteiger partial charge >= 0.3 is 0 Å². The third-order valence-electron chi connectivity index (χ3n) is 3.57. The van der Waals surface area contributed by atoms with Gasteiger partial charge in [0.15, 0.2) is 17.5 Å². The molecule has 0 saturated carbocycles. The predicted molar refractivity (Wildman–Crippen MR) is 72.8 cm³/mol. The van der Waals surface area contributed by atoms with E-state index in [2.05, 4.69) is 0 Å². The average Bonchev–Trinajstić information content (AvgIpc) is 2.47. The molecule has 0 saturated heterocycles. The Labute approximate surface area is 120 Å². The number of benzene rings is 2. The molecule has 0 bridgehead atoms. The van der Waals surface area contributed by atoms with Crippen LogP contribution in [0.25, 0.3) is 0 Å². The molecule has 0 spiro atoms. The summed E-state index contributed by atoms with van der Waals surface area (Å²) < 4.78 is 45.3. The highest BCUT2D eigenvalue weighted by atomic mass is 19.2. The van der Waals surface area contributed by atoms with E-state index in [1.165, 1.54) is 7.11 Å². The molecule has 2 nitrogen and oxygen atoms in total. The molecular weight excluding hydrogens is 281 g/mol. The predicted octanol–water partition coefficient (Wildman–Crippen LogP) is 3.81. The van der Waals surface area contributed by atoms with E-state index >= 15 is 0 Å². The fourth-order valence-corrected chi connectivity index (χ4v) is 2.22. The molecule has 0 radical (unpaired) electrons. The number of aryl methyl sites for hydroxylation is 1. The normalized spacial score (nSPS) is 12.3. The van der Waals surface area contributed by atoms with Gasteiger partial charge in [0, 0.05) is 11.1 Å². The van der Waals surface area contributed by atoms with Gasteiger partial charge in [0.2, 0.25) is 0 Å². The number of hydrogen-bond donors (Lipinski definition) is 1. The lowest BCUT2D eigenvalue weighted by atomic mass is 9.96. The molecule has 2 aromatic rings. The van der Waals surface area contributed by atoms with Crippen LogP contribution >= 0.6 is 0 Å². The topological polar surface area (TPSA) is 29.5 Å². The highest BCUT2D eigenvalue weighted by Gasteiger charge is 2.23. The van der Waals surface area contributed by atoms with Crippen LogP contribution in [0.15, 0.2) is 24.3 Å². The monoisotopic (exact) mass is 296 g/mol. The third kappa shape index (κ3) is 2.61. The van der Waals surface area contributed by atoms with Crippen molar-refractivity contribution in [2.24, 2.45) is 0 Å². The molecule has 112 valence electrons. The first-order valence-electron chi connectivity index (χ1n) is 6.34. The summed E-state index contributed by atoms with van der Waals surface area (Å²) in [5.41, 5.74) is 1.69. The Morgan fingerprint density at radius 2 is 1.57 bits per heavy atom. The number of methoxy groups -OCH3 is 1. The standard InChI is InChI=1S/C16H15F3O2/c1-8-4-5-11(16(21-3)9(8)2)15(20)10-6-7-12(17)14(19)13(10)18/h4-7,15,20H,1-3H3. The van der Waals surface area contributed by atoms with Gasteiger partial charge in [-0.15, -0.1) is 0 Å². The van der Waals surface area contributed by atoms with Crippen LogP contribution < -0.4 is 4.74 Å². The van der Waals surface area contributed by atoms with Crippen LogP contribution in [-0.4, -0.2) is 12.2 Å². The largest absolute Gasteiger partial charge is 0.496 e. The second-order valence-corrected chi connectivity index (χ2v) is 4.80. The zero-order valence-electron chi connectivity index (χ0n) is 11.9. The molecule has 2 rings (SSSR count). The molecule has 21 heavy (non-hydrogen) atoms. The molecule has 0 aliphatic carbocycles. The zero-order valence-corrected chi connectivity index (χ0v) is 11.9. The second-order valence-electron chi connectivity index (χ2n) is 4.80. The number of aliphatic hydroxyl groups excluding tert-OH is 1. The fraction of sp³-hybridized carbons (Fsp3) is 0.250. The van der Waals surface area contributed by atoms with E-state index in [-0.39, 0.29) is 5.56 Å². The molecule has 0 heterocycles. The zero-order chi connectivity index (χ0) is 15.7. The van der Waals surface area contributed by atoms with Crippen LogP contribution in [0.1, 0.15) is 28.4 Å². The Hall–Kier alpha value is -2.01. The minimum Gasteiger partial charge on any atom is -0.496 e. The molecule has 1 N–H and O–H groups in total. The van der Waals surface area contributed by atoms with Crippen molar-refractivity contribution in [3.8, 4) is 5.75 Å². The summed E-state index contributed by atoms with van der Waals surface area (Å²) in [5.74, 6) is -3.90. The lowest BCUT2D eigenvalue weighted by Crippen LogP contribution is -2.08. The number of rotatable bonds is 3. The summed E-state index contributed by atoms with van der Waals surface area (Å²) in [7, 11) is 1.43. The quantitative estimate of drug-likeness (QED) is 0.873. The van der Waals surface area contributed by atoms with E-state index in [1.807, 2.05) is 6.92 Å². The van der Waals surface area contributed by atoms with Gasteiger partial charge in [0.05, 0.1) is 7.11 Å². The highest BCUT2D eigenvalue weighted by Crippen LogP contribution is 2.35. The van der Waals surface area contributed by atoms with Crippen LogP contribution in [0, 0.1) is 31.3 Å². The Morgan fingerprint density at radius 3 is 2.19 bits per heavy atom. The van der Waals surface area contributed by atoms with E-state index in [0.717, 1.165) is 23.3 Å². The lowest BCUT2D eigenvalue weighted by molar-refractivity contribution is 0.207. The second kappa shape index (κ2) is 5.77. The van der Waals surface area contributed by atoms with Crippen LogP contribution in [0.5, 0.6) is 5.75 Å². The van der Waals surface area contributed by atoms with Gasteiger partial charge in [-0.05, 0) is 31.0 Å². The first-order valence-corrected chi connectivity index (χ1v) is 6.34. The van der Waals surface area contributed by atoms with Crippen LogP contribution in [0.4, 0.5) is 13.2 Å². The Balaban J connectivity index is 2.58.